The zero-order chi connectivity index (χ0) is 11.5. The minimum absolute atomic E-state index is 0.195. The Balaban J connectivity index is 2.18. The van der Waals surface area contributed by atoms with Gasteiger partial charge in [0.15, 0.2) is 0 Å². The van der Waals surface area contributed by atoms with Gasteiger partial charge in [0.1, 0.15) is 10.7 Å². The Morgan fingerprint density at radius 1 is 1.62 bits per heavy atom. The van der Waals surface area contributed by atoms with E-state index in [1.165, 1.54) is 0 Å². The van der Waals surface area contributed by atoms with Gasteiger partial charge in [-0.05, 0) is 24.9 Å². The molecule has 2 aromatic rings. The van der Waals surface area contributed by atoms with Gasteiger partial charge in [-0.2, -0.15) is 5.10 Å². The average Bonchev–Trinajstić information content (AvgIpc) is 2.87. The van der Waals surface area contributed by atoms with Crippen molar-refractivity contribution in [3.63, 3.8) is 0 Å². The molecule has 0 radical (unpaired) electrons. The number of hydrogen-bond donors (Lipinski definition) is 2. The third kappa shape index (κ3) is 1.94. The van der Waals surface area contributed by atoms with E-state index in [0.29, 0.717) is 17.1 Å². The monoisotopic (exact) mass is 237 g/mol. The minimum Gasteiger partial charge on any atom is -0.306 e. The lowest BCUT2D eigenvalue weighted by atomic mass is 10.3. The second kappa shape index (κ2) is 4.40. The molecule has 1 amide bonds. The van der Waals surface area contributed by atoms with Crippen molar-refractivity contribution < 1.29 is 4.79 Å². The third-order valence-electron chi connectivity index (χ3n) is 2.16. The lowest BCUT2D eigenvalue weighted by molar-refractivity contribution is 0.102. The maximum Gasteiger partial charge on any atom is 0.270 e. The normalized spacial score (nSPS) is 10.4. The van der Waals surface area contributed by atoms with E-state index in [1.54, 1.807) is 6.20 Å². The maximum atomic E-state index is 11.9. The average molecular weight is 237 g/mol. The van der Waals surface area contributed by atoms with Crippen LogP contribution in [0.5, 0.6) is 0 Å². The number of hydrogen-bond acceptors (Lipinski definition) is 5. The predicted molar refractivity (Wildman–Crippen MR) is 60.6 cm³/mol. The molecule has 6 nitrogen and oxygen atoms in total. The van der Waals surface area contributed by atoms with E-state index in [1.807, 2.05) is 13.8 Å². The number of amides is 1. The van der Waals surface area contributed by atoms with Gasteiger partial charge in [0.2, 0.25) is 0 Å². The molecule has 16 heavy (non-hydrogen) atoms. The highest BCUT2D eigenvalue weighted by Gasteiger charge is 2.16. The zero-order valence-corrected chi connectivity index (χ0v) is 9.76. The Hall–Kier alpha value is -1.76. The lowest BCUT2D eigenvalue weighted by Crippen LogP contribution is -2.13. The summed E-state index contributed by atoms with van der Waals surface area (Å²) in [7, 11) is 0. The zero-order valence-electron chi connectivity index (χ0n) is 8.94. The van der Waals surface area contributed by atoms with Crippen molar-refractivity contribution in [3.05, 3.63) is 22.3 Å². The molecule has 2 N–H and O–H groups in total. The number of nitrogens with zero attached hydrogens (tertiary/aromatic N) is 3. The first-order valence-corrected chi connectivity index (χ1v) is 5.62. The number of H-pyrrole nitrogens is 1. The molecule has 0 saturated heterocycles. The predicted octanol–water partition coefficient (Wildman–Crippen LogP) is 1.38. The smallest absolute Gasteiger partial charge is 0.270 e. The minimum atomic E-state index is -0.195. The van der Waals surface area contributed by atoms with E-state index in [4.69, 9.17) is 0 Å². The summed E-state index contributed by atoms with van der Waals surface area (Å²) in [5.41, 5.74) is 1.61. The van der Waals surface area contributed by atoms with Crippen LogP contribution in [0.3, 0.4) is 0 Å². The van der Waals surface area contributed by atoms with Crippen LogP contribution in [0.2, 0.25) is 0 Å². The van der Waals surface area contributed by atoms with Gasteiger partial charge in [-0.1, -0.05) is 11.4 Å². The van der Waals surface area contributed by atoms with Gasteiger partial charge < -0.3 is 5.32 Å². The number of aromatic amines is 1. The standard InChI is InChI=1S/C9H11N5OS/c1-3-6-7(16-14-12-6)9(15)11-8-5(2)4-10-13-8/h4H,3H2,1-2H3,(H2,10,11,13,15). The molecule has 84 valence electrons. The maximum absolute atomic E-state index is 11.9. The summed E-state index contributed by atoms with van der Waals surface area (Å²) in [4.78, 5) is 12.4. The largest absolute Gasteiger partial charge is 0.306 e. The van der Waals surface area contributed by atoms with Crippen LogP contribution in [0, 0.1) is 6.92 Å². The summed E-state index contributed by atoms with van der Waals surface area (Å²) in [6, 6.07) is 0. The van der Waals surface area contributed by atoms with Crippen molar-refractivity contribution >= 4 is 23.3 Å². The van der Waals surface area contributed by atoms with Crippen LogP contribution in [0.4, 0.5) is 5.82 Å². The van der Waals surface area contributed by atoms with Crippen molar-refractivity contribution in [2.45, 2.75) is 20.3 Å². The van der Waals surface area contributed by atoms with Crippen molar-refractivity contribution in [1.29, 1.82) is 0 Å². The first-order valence-electron chi connectivity index (χ1n) is 4.85. The highest BCUT2D eigenvalue weighted by atomic mass is 32.1. The first kappa shape index (κ1) is 10.7. The van der Waals surface area contributed by atoms with Crippen LogP contribution in [0.1, 0.15) is 27.9 Å². The molecule has 0 spiro atoms. The van der Waals surface area contributed by atoms with Crippen molar-refractivity contribution in [2.75, 3.05) is 5.32 Å². The quantitative estimate of drug-likeness (QED) is 0.844. The fraction of sp³-hybridized carbons (Fsp3) is 0.333. The Morgan fingerprint density at radius 2 is 2.44 bits per heavy atom. The van der Waals surface area contributed by atoms with E-state index >= 15 is 0 Å². The fourth-order valence-electron chi connectivity index (χ4n) is 1.26. The van der Waals surface area contributed by atoms with Gasteiger partial charge in [-0.3, -0.25) is 9.89 Å². The molecular weight excluding hydrogens is 226 g/mol. The summed E-state index contributed by atoms with van der Waals surface area (Å²) in [5.74, 6) is 0.416. The van der Waals surface area contributed by atoms with E-state index in [0.717, 1.165) is 22.8 Å². The summed E-state index contributed by atoms with van der Waals surface area (Å²) in [6.07, 6.45) is 2.35. The van der Waals surface area contributed by atoms with Crippen LogP contribution in [0.15, 0.2) is 6.20 Å². The highest BCUT2D eigenvalue weighted by Crippen LogP contribution is 2.15. The molecular formula is C9H11N5OS. The molecule has 2 heterocycles. The summed E-state index contributed by atoms with van der Waals surface area (Å²) < 4.78 is 3.77. The molecule has 0 atom stereocenters. The van der Waals surface area contributed by atoms with Crippen LogP contribution in [-0.4, -0.2) is 25.7 Å². The molecule has 0 aliphatic heterocycles. The SMILES string of the molecule is CCc1nnsc1C(=O)Nc1[nH]ncc1C. The molecule has 0 fully saturated rings. The molecule has 0 aromatic carbocycles. The molecule has 0 aliphatic rings. The van der Waals surface area contributed by atoms with E-state index in [9.17, 15) is 4.79 Å². The second-order valence-corrected chi connectivity index (χ2v) is 4.04. The third-order valence-corrected chi connectivity index (χ3v) is 2.93. The van der Waals surface area contributed by atoms with Crippen molar-refractivity contribution in [3.8, 4) is 0 Å². The van der Waals surface area contributed by atoms with Crippen LogP contribution in [-0.2, 0) is 6.42 Å². The van der Waals surface area contributed by atoms with Crippen LogP contribution < -0.4 is 5.32 Å². The summed E-state index contributed by atoms with van der Waals surface area (Å²) in [5, 5.41) is 13.2. The van der Waals surface area contributed by atoms with E-state index < -0.39 is 0 Å². The Morgan fingerprint density at radius 3 is 3.06 bits per heavy atom. The number of carbonyl (C=O) groups excluding carboxylic acids is 1. The number of rotatable bonds is 3. The number of carbonyl (C=O) groups is 1. The van der Waals surface area contributed by atoms with Crippen molar-refractivity contribution in [2.24, 2.45) is 0 Å². The number of nitrogens with one attached hydrogen (secondary N) is 2. The highest BCUT2D eigenvalue weighted by molar-refractivity contribution is 7.08. The molecule has 0 unspecified atom stereocenters. The van der Waals surface area contributed by atoms with Gasteiger partial charge in [0.05, 0.1) is 11.9 Å². The molecule has 2 rings (SSSR count). The number of aryl methyl sites for hydroxylation is 2. The first-order chi connectivity index (χ1) is 7.72. The molecule has 0 saturated carbocycles. The Kier molecular flexibility index (Phi) is 2.95. The Labute approximate surface area is 96.2 Å². The van der Waals surface area contributed by atoms with Crippen molar-refractivity contribution in [1.82, 2.24) is 19.8 Å². The van der Waals surface area contributed by atoms with Gasteiger partial charge >= 0.3 is 0 Å². The van der Waals surface area contributed by atoms with Crippen LogP contribution >= 0.6 is 11.5 Å². The molecule has 0 aliphatic carbocycles. The molecule has 0 bridgehead atoms. The van der Waals surface area contributed by atoms with Gasteiger partial charge in [-0.15, -0.1) is 5.10 Å². The fourth-order valence-corrected chi connectivity index (χ4v) is 1.90. The van der Waals surface area contributed by atoms with Gasteiger partial charge in [0.25, 0.3) is 5.91 Å². The Bertz CT molecular complexity index is 503. The van der Waals surface area contributed by atoms with Gasteiger partial charge in [-0.25, -0.2) is 0 Å². The summed E-state index contributed by atoms with van der Waals surface area (Å²) >= 11 is 1.10. The number of anilines is 1. The summed E-state index contributed by atoms with van der Waals surface area (Å²) in [6.45, 7) is 3.81. The number of aromatic nitrogens is 4. The van der Waals surface area contributed by atoms with Gasteiger partial charge in [0, 0.05) is 5.56 Å². The molecule has 7 heteroatoms. The van der Waals surface area contributed by atoms with E-state index in [2.05, 4.69) is 25.1 Å². The van der Waals surface area contributed by atoms with E-state index in [-0.39, 0.29) is 5.91 Å². The lowest BCUT2D eigenvalue weighted by Gasteiger charge is -2.01. The second-order valence-electron chi connectivity index (χ2n) is 3.28. The van der Waals surface area contributed by atoms with Crippen LogP contribution in [0.25, 0.3) is 0 Å². The molecule has 2 aromatic heterocycles. The topological polar surface area (TPSA) is 83.6 Å².